The van der Waals surface area contributed by atoms with Gasteiger partial charge in [0.15, 0.2) is 11.5 Å². The Hall–Kier alpha value is -1.07. The Morgan fingerprint density at radius 3 is 2.75 bits per heavy atom. The molecule has 0 aliphatic carbocycles. The summed E-state index contributed by atoms with van der Waals surface area (Å²) in [5.74, 6) is 2.07. The highest BCUT2D eigenvalue weighted by atomic mass is 35.5. The van der Waals surface area contributed by atoms with Crippen molar-refractivity contribution in [2.45, 2.75) is 24.7 Å². The molecule has 1 aliphatic heterocycles. The molecular formula is C14H17ClO4S. The number of carbonyl (C=O) groups is 1. The van der Waals surface area contributed by atoms with Crippen LogP contribution in [-0.2, 0) is 9.53 Å². The first kappa shape index (κ1) is 15.3. The maximum absolute atomic E-state index is 11.2. The summed E-state index contributed by atoms with van der Waals surface area (Å²) in [6, 6.07) is 3.68. The van der Waals surface area contributed by atoms with Crippen molar-refractivity contribution >= 4 is 29.3 Å². The van der Waals surface area contributed by atoms with Gasteiger partial charge in [0.05, 0.1) is 11.6 Å². The minimum absolute atomic E-state index is 0.152. The molecule has 0 fully saturated rings. The zero-order valence-corrected chi connectivity index (χ0v) is 12.9. The molecule has 0 unspecified atom stereocenters. The molecule has 0 N–H and O–H groups in total. The average Bonchev–Trinajstić information content (AvgIpc) is 2.44. The summed E-state index contributed by atoms with van der Waals surface area (Å²) in [6.45, 7) is 3.35. The van der Waals surface area contributed by atoms with E-state index in [0.29, 0.717) is 37.0 Å². The highest BCUT2D eigenvalue weighted by Crippen LogP contribution is 2.39. The number of fused-ring (bicyclic) bond motifs is 1. The minimum Gasteiger partial charge on any atom is -0.486 e. The van der Waals surface area contributed by atoms with Gasteiger partial charge in [-0.1, -0.05) is 11.6 Å². The molecule has 6 heteroatoms. The molecule has 0 aromatic heterocycles. The molecule has 1 aliphatic rings. The van der Waals surface area contributed by atoms with Gasteiger partial charge in [0.25, 0.3) is 0 Å². The Labute approximate surface area is 127 Å². The number of hydrogen-bond acceptors (Lipinski definition) is 5. The van der Waals surface area contributed by atoms with Crippen LogP contribution in [0.2, 0.25) is 5.02 Å². The van der Waals surface area contributed by atoms with Gasteiger partial charge in [-0.3, -0.25) is 4.79 Å². The first-order chi connectivity index (χ1) is 9.70. The van der Waals surface area contributed by atoms with E-state index in [1.807, 2.05) is 13.0 Å². The standard InChI is InChI=1S/C14H17ClO4S/c1-2-17-14(16)4-3-7-20-13-9-12-11(8-10(13)15)18-5-6-19-12/h8-9H,2-7H2,1H3. The molecule has 0 radical (unpaired) electrons. The molecule has 0 saturated carbocycles. The van der Waals surface area contributed by atoms with Crippen LogP contribution in [0.5, 0.6) is 11.5 Å². The number of halogens is 1. The summed E-state index contributed by atoms with van der Waals surface area (Å²) in [5.41, 5.74) is 0. The number of thioether (sulfide) groups is 1. The predicted molar refractivity (Wildman–Crippen MR) is 79.0 cm³/mol. The van der Waals surface area contributed by atoms with E-state index in [9.17, 15) is 4.79 Å². The number of carbonyl (C=O) groups excluding carboxylic acids is 1. The molecular weight excluding hydrogens is 300 g/mol. The third-order valence-corrected chi connectivity index (χ3v) is 4.25. The van der Waals surface area contributed by atoms with E-state index in [0.717, 1.165) is 22.8 Å². The summed E-state index contributed by atoms with van der Waals surface area (Å²) in [5, 5.41) is 0.649. The summed E-state index contributed by atoms with van der Waals surface area (Å²) in [4.78, 5) is 12.2. The Bertz CT molecular complexity index is 478. The lowest BCUT2D eigenvalue weighted by atomic mass is 10.3. The van der Waals surface area contributed by atoms with Gasteiger partial charge in [-0.15, -0.1) is 11.8 Å². The fourth-order valence-electron chi connectivity index (χ4n) is 1.79. The molecule has 1 aromatic rings. The quantitative estimate of drug-likeness (QED) is 0.456. The van der Waals surface area contributed by atoms with Crippen LogP contribution >= 0.6 is 23.4 Å². The second kappa shape index (κ2) is 7.64. The molecule has 1 aromatic carbocycles. The van der Waals surface area contributed by atoms with Crippen molar-refractivity contribution < 1.29 is 19.0 Å². The Balaban J connectivity index is 1.85. The van der Waals surface area contributed by atoms with Crippen molar-refractivity contribution in [3.05, 3.63) is 17.2 Å². The predicted octanol–water partition coefficient (Wildman–Crippen LogP) is 3.55. The normalized spacial score (nSPS) is 13.1. The van der Waals surface area contributed by atoms with Gasteiger partial charge < -0.3 is 14.2 Å². The number of esters is 1. The van der Waals surface area contributed by atoms with Crippen molar-refractivity contribution in [1.82, 2.24) is 0 Å². The van der Waals surface area contributed by atoms with Gasteiger partial charge >= 0.3 is 5.97 Å². The van der Waals surface area contributed by atoms with E-state index < -0.39 is 0 Å². The van der Waals surface area contributed by atoms with E-state index in [1.54, 1.807) is 17.8 Å². The maximum atomic E-state index is 11.2. The van der Waals surface area contributed by atoms with Gasteiger partial charge in [0, 0.05) is 17.4 Å². The smallest absolute Gasteiger partial charge is 0.305 e. The van der Waals surface area contributed by atoms with Crippen molar-refractivity contribution in [2.75, 3.05) is 25.6 Å². The Kier molecular flexibility index (Phi) is 5.86. The number of hydrogen-bond donors (Lipinski definition) is 0. The highest BCUT2D eigenvalue weighted by molar-refractivity contribution is 7.99. The van der Waals surface area contributed by atoms with Crippen LogP contribution < -0.4 is 9.47 Å². The Morgan fingerprint density at radius 1 is 1.35 bits per heavy atom. The molecule has 0 saturated heterocycles. The summed E-state index contributed by atoms with van der Waals surface area (Å²) >= 11 is 7.81. The molecule has 110 valence electrons. The van der Waals surface area contributed by atoms with Gasteiger partial charge in [0.2, 0.25) is 0 Å². The van der Waals surface area contributed by atoms with Crippen LogP contribution in [0.15, 0.2) is 17.0 Å². The Morgan fingerprint density at radius 2 is 2.05 bits per heavy atom. The average molecular weight is 317 g/mol. The van der Waals surface area contributed by atoms with Crippen molar-refractivity contribution in [3.63, 3.8) is 0 Å². The van der Waals surface area contributed by atoms with Crippen LogP contribution in [0.3, 0.4) is 0 Å². The monoisotopic (exact) mass is 316 g/mol. The number of rotatable bonds is 6. The van der Waals surface area contributed by atoms with Gasteiger partial charge in [-0.2, -0.15) is 0 Å². The lowest BCUT2D eigenvalue weighted by Crippen LogP contribution is -2.15. The summed E-state index contributed by atoms with van der Waals surface area (Å²) in [7, 11) is 0. The lowest BCUT2D eigenvalue weighted by molar-refractivity contribution is -0.143. The first-order valence-corrected chi connectivity index (χ1v) is 7.94. The highest BCUT2D eigenvalue weighted by Gasteiger charge is 2.15. The zero-order chi connectivity index (χ0) is 14.4. The van der Waals surface area contributed by atoms with Crippen LogP contribution in [0.1, 0.15) is 19.8 Å². The summed E-state index contributed by atoms with van der Waals surface area (Å²) < 4.78 is 15.9. The van der Waals surface area contributed by atoms with E-state index in [2.05, 4.69) is 0 Å². The van der Waals surface area contributed by atoms with Gasteiger partial charge in [-0.05, 0) is 25.2 Å². The van der Waals surface area contributed by atoms with E-state index in [1.165, 1.54) is 0 Å². The number of ether oxygens (including phenoxy) is 3. The van der Waals surface area contributed by atoms with Crippen LogP contribution in [0, 0.1) is 0 Å². The number of benzene rings is 1. The van der Waals surface area contributed by atoms with E-state index in [4.69, 9.17) is 25.8 Å². The molecule has 0 bridgehead atoms. The fourth-order valence-corrected chi connectivity index (χ4v) is 3.00. The van der Waals surface area contributed by atoms with Crippen LogP contribution in [0.25, 0.3) is 0 Å². The maximum Gasteiger partial charge on any atom is 0.305 e. The minimum atomic E-state index is -0.152. The molecule has 4 nitrogen and oxygen atoms in total. The van der Waals surface area contributed by atoms with Crippen molar-refractivity contribution in [3.8, 4) is 11.5 Å². The van der Waals surface area contributed by atoms with E-state index in [-0.39, 0.29) is 5.97 Å². The molecule has 2 rings (SSSR count). The van der Waals surface area contributed by atoms with Crippen LogP contribution in [0.4, 0.5) is 0 Å². The van der Waals surface area contributed by atoms with Crippen LogP contribution in [-0.4, -0.2) is 31.5 Å². The van der Waals surface area contributed by atoms with E-state index >= 15 is 0 Å². The summed E-state index contributed by atoms with van der Waals surface area (Å²) in [6.07, 6.45) is 1.19. The first-order valence-electron chi connectivity index (χ1n) is 6.58. The molecule has 1 heterocycles. The van der Waals surface area contributed by atoms with Crippen molar-refractivity contribution in [2.24, 2.45) is 0 Å². The molecule has 0 spiro atoms. The van der Waals surface area contributed by atoms with Crippen molar-refractivity contribution in [1.29, 1.82) is 0 Å². The van der Waals surface area contributed by atoms with Gasteiger partial charge in [-0.25, -0.2) is 0 Å². The molecule has 20 heavy (non-hydrogen) atoms. The largest absolute Gasteiger partial charge is 0.486 e. The molecule has 0 atom stereocenters. The third-order valence-electron chi connectivity index (χ3n) is 2.68. The fraction of sp³-hybridized carbons (Fsp3) is 0.500. The SMILES string of the molecule is CCOC(=O)CCCSc1cc2c(cc1Cl)OCCO2. The lowest BCUT2D eigenvalue weighted by Gasteiger charge is -2.19. The second-order valence-corrected chi connectivity index (χ2v) is 5.73. The zero-order valence-electron chi connectivity index (χ0n) is 11.3. The second-order valence-electron chi connectivity index (χ2n) is 4.18. The molecule has 0 amide bonds. The van der Waals surface area contributed by atoms with Gasteiger partial charge in [0.1, 0.15) is 13.2 Å². The third kappa shape index (κ3) is 4.21. The topological polar surface area (TPSA) is 44.8 Å².